The van der Waals surface area contributed by atoms with Crippen molar-refractivity contribution < 1.29 is 0 Å². The molecule has 0 saturated carbocycles. The first-order valence-electron chi connectivity index (χ1n) is 7.73. The molecule has 132 valence electrons. The molecular weight excluding hydrogens is 439 g/mol. The molecule has 1 atom stereocenters. The van der Waals surface area contributed by atoms with Crippen molar-refractivity contribution in [1.29, 1.82) is 0 Å². The van der Waals surface area contributed by atoms with Gasteiger partial charge in [-0.05, 0) is 24.6 Å². The number of benzene rings is 1. The molecule has 2 rings (SSSR count). The zero-order valence-electron chi connectivity index (χ0n) is 14.2. The Kier molecular flexibility index (Phi) is 9.05. The van der Waals surface area contributed by atoms with Gasteiger partial charge in [0.15, 0.2) is 5.96 Å². The molecule has 0 bridgehead atoms. The lowest BCUT2D eigenvalue weighted by atomic mass is 10.1. The minimum atomic E-state index is 0. The molecule has 2 aromatic rings. The second-order valence-electron chi connectivity index (χ2n) is 5.21. The van der Waals surface area contributed by atoms with Crippen LogP contribution in [0, 0.1) is 0 Å². The number of hydrogen-bond acceptors (Lipinski definition) is 3. The lowest BCUT2D eigenvalue weighted by Gasteiger charge is -2.18. The molecule has 0 saturated heterocycles. The molecular formula is C16H24ClIN6. The van der Waals surface area contributed by atoms with Gasteiger partial charge in [0, 0.05) is 31.6 Å². The summed E-state index contributed by atoms with van der Waals surface area (Å²) in [5.74, 6) is 1.74. The van der Waals surface area contributed by atoms with E-state index in [0.29, 0.717) is 0 Å². The van der Waals surface area contributed by atoms with Crippen LogP contribution >= 0.6 is 35.6 Å². The van der Waals surface area contributed by atoms with E-state index in [9.17, 15) is 0 Å². The Morgan fingerprint density at radius 2 is 2.21 bits per heavy atom. The molecule has 24 heavy (non-hydrogen) atoms. The third-order valence-electron chi connectivity index (χ3n) is 3.58. The number of guanidine groups is 1. The van der Waals surface area contributed by atoms with Crippen LogP contribution in [-0.4, -0.2) is 34.3 Å². The van der Waals surface area contributed by atoms with Crippen molar-refractivity contribution in [3.8, 4) is 0 Å². The first-order chi connectivity index (χ1) is 11.1. The Balaban J connectivity index is 0.00000288. The molecule has 1 heterocycles. The highest BCUT2D eigenvalue weighted by Crippen LogP contribution is 2.17. The first kappa shape index (κ1) is 20.7. The highest BCUT2D eigenvalue weighted by atomic mass is 127. The van der Waals surface area contributed by atoms with Gasteiger partial charge in [-0.15, -0.1) is 34.2 Å². The number of hydrogen-bond donors (Lipinski definition) is 2. The maximum atomic E-state index is 6.04. The summed E-state index contributed by atoms with van der Waals surface area (Å²) in [7, 11) is 1.76. The van der Waals surface area contributed by atoms with Crippen LogP contribution in [0.3, 0.4) is 0 Å². The van der Waals surface area contributed by atoms with Gasteiger partial charge in [-0.1, -0.05) is 30.7 Å². The minimum Gasteiger partial charge on any atom is -0.355 e. The van der Waals surface area contributed by atoms with Crippen LogP contribution in [0.25, 0.3) is 0 Å². The van der Waals surface area contributed by atoms with E-state index in [-0.39, 0.29) is 30.0 Å². The number of rotatable bonds is 6. The van der Waals surface area contributed by atoms with Gasteiger partial charge in [0.1, 0.15) is 12.2 Å². The van der Waals surface area contributed by atoms with Gasteiger partial charge < -0.3 is 15.2 Å². The van der Waals surface area contributed by atoms with Crippen LogP contribution in [0.4, 0.5) is 0 Å². The fourth-order valence-corrected chi connectivity index (χ4v) is 2.49. The normalized spacial score (nSPS) is 12.4. The predicted molar refractivity (Wildman–Crippen MR) is 109 cm³/mol. The molecule has 0 radical (unpaired) electrons. The summed E-state index contributed by atoms with van der Waals surface area (Å²) in [6.07, 6.45) is 2.63. The topological polar surface area (TPSA) is 67.1 Å². The molecule has 0 fully saturated rings. The van der Waals surface area contributed by atoms with Gasteiger partial charge in [0.25, 0.3) is 0 Å². The van der Waals surface area contributed by atoms with E-state index in [4.69, 9.17) is 11.6 Å². The van der Waals surface area contributed by atoms with Crippen molar-refractivity contribution in [1.82, 2.24) is 25.4 Å². The van der Waals surface area contributed by atoms with E-state index in [2.05, 4.69) is 39.7 Å². The van der Waals surface area contributed by atoms with E-state index in [0.717, 1.165) is 41.9 Å². The highest BCUT2D eigenvalue weighted by molar-refractivity contribution is 14.0. The molecule has 0 amide bonds. The fraction of sp³-hybridized carbons (Fsp3) is 0.438. The maximum absolute atomic E-state index is 6.04. The highest BCUT2D eigenvalue weighted by Gasteiger charge is 2.08. The van der Waals surface area contributed by atoms with E-state index in [1.807, 2.05) is 28.8 Å². The summed E-state index contributed by atoms with van der Waals surface area (Å²) in [5.41, 5.74) is 1.12. The quantitative estimate of drug-likeness (QED) is 0.393. The maximum Gasteiger partial charge on any atom is 0.191 e. The predicted octanol–water partition coefficient (Wildman–Crippen LogP) is 3.04. The van der Waals surface area contributed by atoms with Crippen LogP contribution < -0.4 is 10.6 Å². The number of aliphatic imine (C=N–C) groups is 1. The molecule has 1 aromatic heterocycles. The molecule has 0 aliphatic heterocycles. The number of halogens is 2. The number of aromatic nitrogens is 3. The van der Waals surface area contributed by atoms with Gasteiger partial charge in [-0.25, -0.2) is 0 Å². The van der Waals surface area contributed by atoms with Gasteiger partial charge in [-0.2, -0.15) is 0 Å². The van der Waals surface area contributed by atoms with Gasteiger partial charge >= 0.3 is 0 Å². The van der Waals surface area contributed by atoms with Gasteiger partial charge in [0.2, 0.25) is 0 Å². The van der Waals surface area contributed by atoms with E-state index in [1.165, 1.54) is 0 Å². The van der Waals surface area contributed by atoms with Crippen molar-refractivity contribution in [2.24, 2.45) is 4.99 Å². The SMILES string of the molecule is CCc1nncn1CCNC(=NC)NC(C)c1cccc(Cl)c1.I. The molecule has 0 spiro atoms. The summed E-state index contributed by atoms with van der Waals surface area (Å²) in [5, 5.41) is 15.4. The average Bonchev–Trinajstić information content (AvgIpc) is 3.01. The average molecular weight is 463 g/mol. The molecule has 1 aromatic carbocycles. The number of nitrogens with zero attached hydrogens (tertiary/aromatic N) is 4. The number of aryl methyl sites for hydroxylation is 1. The summed E-state index contributed by atoms with van der Waals surface area (Å²) < 4.78 is 2.04. The lowest BCUT2D eigenvalue weighted by molar-refractivity contribution is 0.620. The smallest absolute Gasteiger partial charge is 0.191 e. The summed E-state index contributed by atoms with van der Waals surface area (Å²) >= 11 is 6.04. The Hall–Kier alpha value is -1.35. The summed E-state index contributed by atoms with van der Waals surface area (Å²) in [6.45, 7) is 5.68. The zero-order valence-corrected chi connectivity index (χ0v) is 17.2. The van der Waals surface area contributed by atoms with E-state index in [1.54, 1.807) is 13.4 Å². The van der Waals surface area contributed by atoms with Gasteiger partial charge in [0.05, 0.1) is 6.04 Å². The summed E-state index contributed by atoms with van der Waals surface area (Å²) in [6, 6.07) is 7.93. The van der Waals surface area contributed by atoms with Crippen LogP contribution in [0.5, 0.6) is 0 Å². The van der Waals surface area contributed by atoms with Gasteiger partial charge in [-0.3, -0.25) is 4.99 Å². The third-order valence-corrected chi connectivity index (χ3v) is 3.82. The lowest BCUT2D eigenvalue weighted by Crippen LogP contribution is -2.40. The molecule has 6 nitrogen and oxygen atoms in total. The Morgan fingerprint density at radius 1 is 1.42 bits per heavy atom. The van der Waals surface area contributed by atoms with Crippen molar-refractivity contribution in [2.45, 2.75) is 32.9 Å². The second-order valence-corrected chi connectivity index (χ2v) is 5.65. The Labute approximate surface area is 165 Å². The van der Waals surface area contributed by atoms with Crippen molar-refractivity contribution in [2.75, 3.05) is 13.6 Å². The van der Waals surface area contributed by atoms with Crippen LogP contribution in [0.2, 0.25) is 5.02 Å². The zero-order chi connectivity index (χ0) is 16.7. The van der Waals surface area contributed by atoms with Crippen LogP contribution in [0.1, 0.15) is 31.3 Å². The van der Waals surface area contributed by atoms with Crippen LogP contribution in [0.15, 0.2) is 35.6 Å². The Bertz CT molecular complexity index is 658. The van der Waals surface area contributed by atoms with E-state index < -0.39 is 0 Å². The number of nitrogens with one attached hydrogen (secondary N) is 2. The molecule has 0 aliphatic rings. The molecule has 1 unspecified atom stereocenters. The minimum absolute atomic E-state index is 0. The molecule has 8 heteroatoms. The van der Waals surface area contributed by atoms with Crippen molar-refractivity contribution in [3.05, 3.63) is 47.0 Å². The monoisotopic (exact) mass is 462 g/mol. The van der Waals surface area contributed by atoms with Crippen molar-refractivity contribution >= 4 is 41.5 Å². The Morgan fingerprint density at radius 3 is 2.88 bits per heavy atom. The first-order valence-corrected chi connectivity index (χ1v) is 8.11. The van der Waals surface area contributed by atoms with Crippen LogP contribution in [-0.2, 0) is 13.0 Å². The third kappa shape index (κ3) is 5.94. The molecule has 0 aliphatic carbocycles. The van der Waals surface area contributed by atoms with E-state index >= 15 is 0 Å². The van der Waals surface area contributed by atoms with Crippen molar-refractivity contribution in [3.63, 3.8) is 0 Å². The summed E-state index contributed by atoms with van der Waals surface area (Å²) in [4.78, 5) is 4.26. The fourth-order valence-electron chi connectivity index (χ4n) is 2.29. The second kappa shape index (κ2) is 10.5. The largest absolute Gasteiger partial charge is 0.355 e. The standard InChI is InChI=1S/C16H23ClN6.HI/c1-4-15-22-20-11-23(15)9-8-19-16(18-3)21-12(2)13-6-5-7-14(17)10-13;/h5-7,10-12H,4,8-9H2,1-3H3,(H2,18,19,21);1H. The molecule has 2 N–H and O–H groups in total.